The summed E-state index contributed by atoms with van der Waals surface area (Å²) in [6.07, 6.45) is 5.07. The van der Waals surface area contributed by atoms with E-state index < -0.39 is 10.0 Å². The standard InChI is InChI=1S/C10H11NO3S/c1-2-11(8-9-12)15(13,14)10-6-4-3-5-7-10/h1,3-7,12H,8-9H2. The molecule has 0 atom stereocenters. The van der Waals surface area contributed by atoms with Crippen LogP contribution in [0.25, 0.3) is 0 Å². The van der Waals surface area contributed by atoms with Crippen LogP contribution in [0.5, 0.6) is 0 Å². The minimum absolute atomic E-state index is 0.103. The first-order chi connectivity index (χ1) is 7.12. The molecule has 0 radical (unpaired) electrons. The van der Waals surface area contributed by atoms with Gasteiger partial charge >= 0.3 is 0 Å². The van der Waals surface area contributed by atoms with Crippen LogP contribution in [0.3, 0.4) is 0 Å². The highest BCUT2D eigenvalue weighted by atomic mass is 32.2. The number of aliphatic hydroxyl groups is 1. The van der Waals surface area contributed by atoms with Crippen LogP contribution in [0.4, 0.5) is 0 Å². The van der Waals surface area contributed by atoms with Crippen LogP contribution in [-0.4, -0.2) is 31.0 Å². The predicted octanol–water partition coefficient (Wildman–Crippen LogP) is 0.260. The highest BCUT2D eigenvalue weighted by Crippen LogP contribution is 2.13. The van der Waals surface area contributed by atoms with Gasteiger partial charge in [0.15, 0.2) is 0 Å². The third-order valence-electron chi connectivity index (χ3n) is 1.78. The normalized spacial score (nSPS) is 10.7. The molecule has 0 unspecified atom stereocenters. The third kappa shape index (κ3) is 2.49. The van der Waals surface area contributed by atoms with E-state index in [1.54, 1.807) is 18.2 Å². The molecule has 80 valence electrons. The molecule has 0 aliphatic rings. The summed E-state index contributed by atoms with van der Waals surface area (Å²) in [6.45, 7) is -0.413. The summed E-state index contributed by atoms with van der Waals surface area (Å²) in [5.74, 6) is 0. The summed E-state index contributed by atoms with van der Waals surface area (Å²) < 4.78 is 24.4. The van der Waals surface area contributed by atoms with Gasteiger partial charge in [-0.2, -0.15) is 0 Å². The van der Waals surface area contributed by atoms with Crippen LogP contribution in [-0.2, 0) is 10.0 Å². The second kappa shape index (κ2) is 4.82. The van der Waals surface area contributed by atoms with Gasteiger partial charge in [-0.25, -0.2) is 12.7 Å². The van der Waals surface area contributed by atoms with Gasteiger partial charge in [-0.15, -0.1) is 0 Å². The zero-order chi connectivity index (χ0) is 11.3. The van der Waals surface area contributed by atoms with Crippen molar-refractivity contribution in [1.82, 2.24) is 4.31 Å². The molecule has 0 spiro atoms. The fourth-order valence-electron chi connectivity index (χ4n) is 1.06. The van der Waals surface area contributed by atoms with Crippen molar-refractivity contribution in [1.29, 1.82) is 0 Å². The van der Waals surface area contributed by atoms with Gasteiger partial charge in [-0.3, -0.25) is 0 Å². The Morgan fingerprint density at radius 2 is 1.93 bits per heavy atom. The first kappa shape index (κ1) is 11.6. The molecule has 0 bridgehead atoms. The summed E-state index contributed by atoms with van der Waals surface area (Å²) in [5.41, 5.74) is 0. The van der Waals surface area contributed by atoms with Gasteiger partial charge in [0.05, 0.1) is 18.0 Å². The van der Waals surface area contributed by atoms with Crippen molar-refractivity contribution in [2.75, 3.05) is 13.2 Å². The fraction of sp³-hybridized carbons (Fsp3) is 0.200. The first-order valence-corrected chi connectivity index (χ1v) is 5.72. The van der Waals surface area contributed by atoms with E-state index in [1.807, 2.05) is 6.04 Å². The van der Waals surface area contributed by atoms with E-state index in [0.717, 1.165) is 4.31 Å². The summed E-state index contributed by atoms with van der Waals surface area (Å²) in [5, 5.41) is 8.68. The average molecular weight is 225 g/mol. The number of nitrogens with zero attached hydrogens (tertiary/aromatic N) is 1. The molecular weight excluding hydrogens is 214 g/mol. The first-order valence-electron chi connectivity index (χ1n) is 4.28. The van der Waals surface area contributed by atoms with E-state index in [1.165, 1.54) is 12.1 Å². The largest absolute Gasteiger partial charge is 0.394 e. The molecule has 0 heterocycles. The zero-order valence-electron chi connectivity index (χ0n) is 8.00. The summed E-state index contributed by atoms with van der Waals surface area (Å²) in [6, 6.07) is 9.87. The lowest BCUT2D eigenvalue weighted by Crippen LogP contribution is -2.29. The predicted molar refractivity (Wildman–Crippen MR) is 56.3 cm³/mol. The molecule has 15 heavy (non-hydrogen) atoms. The highest BCUT2D eigenvalue weighted by Gasteiger charge is 2.20. The molecule has 1 aromatic carbocycles. The van der Waals surface area contributed by atoms with Crippen molar-refractivity contribution in [3.63, 3.8) is 0 Å². The molecule has 1 aromatic rings. The molecule has 1 N–H and O–H groups in total. The van der Waals surface area contributed by atoms with Gasteiger partial charge in [-0.1, -0.05) is 24.6 Å². The lowest BCUT2D eigenvalue weighted by Gasteiger charge is -2.16. The Labute approximate surface area is 89.2 Å². The van der Waals surface area contributed by atoms with Crippen molar-refractivity contribution >= 4 is 10.0 Å². The maximum Gasteiger partial charge on any atom is 0.271 e. The van der Waals surface area contributed by atoms with Crippen molar-refractivity contribution in [3.8, 4) is 12.5 Å². The molecule has 0 aromatic heterocycles. The van der Waals surface area contributed by atoms with Crippen LogP contribution in [0.2, 0.25) is 0 Å². The minimum Gasteiger partial charge on any atom is -0.394 e. The Kier molecular flexibility index (Phi) is 3.72. The Morgan fingerprint density at radius 3 is 2.40 bits per heavy atom. The lowest BCUT2D eigenvalue weighted by atomic mass is 10.4. The number of benzene rings is 1. The SMILES string of the molecule is C#CN(CCO)S(=O)(=O)c1ccccc1. The number of aliphatic hydroxyl groups excluding tert-OH is 1. The van der Waals surface area contributed by atoms with Crippen LogP contribution in [0.1, 0.15) is 0 Å². The van der Waals surface area contributed by atoms with Crippen molar-refractivity contribution in [2.45, 2.75) is 4.90 Å². The number of hydrogen-bond acceptors (Lipinski definition) is 3. The Morgan fingerprint density at radius 1 is 1.33 bits per heavy atom. The van der Waals surface area contributed by atoms with Gasteiger partial charge in [0.1, 0.15) is 0 Å². The van der Waals surface area contributed by atoms with Crippen molar-refractivity contribution in [2.24, 2.45) is 0 Å². The Bertz CT molecular complexity index is 447. The maximum atomic E-state index is 11.8. The van der Waals surface area contributed by atoms with Gasteiger partial charge < -0.3 is 5.11 Å². The van der Waals surface area contributed by atoms with E-state index in [0.29, 0.717) is 0 Å². The maximum absolute atomic E-state index is 11.8. The van der Waals surface area contributed by atoms with Crippen LogP contribution in [0.15, 0.2) is 35.2 Å². The van der Waals surface area contributed by atoms with E-state index in [4.69, 9.17) is 11.5 Å². The summed E-state index contributed by atoms with van der Waals surface area (Å²) >= 11 is 0. The molecule has 4 nitrogen and oxygen atoms in total. The molecule has 0 aliphatic carbocycles. The average Bonchev–Trinajstić information content (AvgIpc) is 2.27. The third-order valence-corrected chi connectivity index (χ3v) is 3.51. The smallest absolute Gasteiger partial charge is 0.271 e. The number of sulfonamides is 1. The molecule has 0 saturated carbocycles. The Hall–Kier alpha value is -1.51. The molecule has 1 rings (SSSR count). The zero-order valence-corrected chi connectivity index (χ0v) is 8.81. The number of rotatable bonds is 4. The van der Waals surface area contributed by atoms with E-state index in [2.05, 4.69) is 0 Å². The number of hydrogen-bond donors (Lipinski definition) is 1. The molecule has 0 aliphatic heterocycles. The summed E-state index contributed by atoms with van der Waals surface area (Å²) in [7, 11) is -3.68. The Balaban J connectivity index is 3.08. The molecule has 0 saturated heterocycles. The van der Waals surface area contributed by atoms with Crippen molar-refractivity contribution < 1.29 is 13.5 Å². The topological polar surface area (TPSA) is 57.6 Å². The van der Waals surface area contributed by atoms with Crippen LogP contribution < -0.4 is 0 Å². The van der Waals surface area contributed by atoms with E-state index >= 15 is 0 Å². The summed E-state index contributed by atoms with van der Waals surface area (Å²) in [4.78, 5) is 0.122. The quantitative estimate of drug-likeness (QED) is 0.590. The fourth-order valence-corrected chi connectivity index (χ4v) is 2.28. The van der Waals surface area contributed by atoms with Crippen LogP contribution in [0, 0.1) is 12.5 Å². The molecule has 0 fully saturated rings. The second-order valence-corrected chi connectivity index (χ2v) is 4.61. The van der Waals surface area contributed by atoms with Gasteiger partial charge in [-0.05, 0) is 12.1 Å². The monoisotopic (exact) mass is 225 g/mol. The lowest BCUT2D eigenvalue weighted by molar-refractivity contribution is 0.276. The van der Waals surface area contributed by atoms with Crippen molar-refractivity contribution in [3.05, 3.63) is 30.3 Å². The second-order valence-electron chi connectivity index (χ2n) is 2.74. The van der Waals surface area contributed by atoms with Gasteiger partial charge in [0, 0.05) is 6.04 Å². The molecular formula is C10H11NO3S. The van der Waals surface area contributed by atoms with Gasteiger partial charge in [0.25, 0.3) is 10.0 Å². The molecule has 5 heteroatoms. The van der Waals surface area contributed by atoms with E-state index in [9.17, 15) is 8.42 Å². The highest BCUT2D eigenvalue weighted by molar-refractivity contribution is 7.89. The van der Waals surface area contributed by atoms with Crippen LogP contribution >= 0.6 is 0 Å². The van der Waals surface area contributed by atoms with Gasteiger partial charge in [0.2, 0.25) is 0 Å². The minimum atomic E-state index is -3.68. The molecule has 0 amide bonds. The number of terminal acetylenes is 1. The van der Waals surface area contributed by atoms with E-state index in [-0.39, 0.29) is 18.0 Å².